The summed E-state index contributed by atoms with van der Waals surface area (Å²) in [7, 11) is 0. The molecule has 0 N–H and O–H groups in total. The standard InChI is InChI=1S/C22H16ClN5/c1-14-4-6-17(12-18(14)23)20-8-9-21-22(25-20)28(27-26-21)13-15-5-7-19-16(11-15)3-2-10-24-19/h2-12H,13H2,1H3. The molecule has 0 spiro atoms. The van der Waals surface area contributed by atoms with E-state index in [1.165, 1.54) is 0 Å². The fourth-order valence-corrected chi connectivity index (χ4v) is 3.45. The lowest BCUT2D eigenvalue weighted by Crippen LogP contribution is -2.03. The zero-order chi connectivity index (χ0) is 19.1. The van der Waals surface area contributed by atoms with Gasteiger partial charge in [0.2, 0.25) is 0 Å². The Morgan fingerprint density at radius 1 is 0.964 bits per heavy atom. The molecule has 2 aromatic carbocycles. The Balaban J connectivity index is 1.54. The summed E-state index contributed by atoms with van der Waals surface area (Å²) < 4.78 is 1.83. The minimum Gasteiger partial charge on any atom is -0.256 e. The van der Waals surface area contributed by atoms with Crippen LogP contribution in [0, 0.1) is 6.92 Å². The van der Waals surface area contributed by atoms with Crippen molar-refractivity contribution in [3.05, 3.63) is 83.0 Å². The van der Waals surface area contributed by atoms with E-state index in [1.807, 2.05) is 54.1 Å². The highest BCUT2D eigenvalue weighted by molar-refractivity contribution is 6.31. The Morgan fingerprint density at radius 3 is 2.75 bits per heavy atom. The van der Waals surface area contributed by atoms with Gasteiger partial charge in [-0.1, -0.05) is 41.1 Å². The first-order valence-electron chi connectivity index (χ1n) is 8.98. The first-order valence-corrected chi connectivity index (χ1v) is 9.36. The van der Waals surface area contributed by atoms with Crippen LogP contribution in [0.15, 0.2) is 66.9 Å². The number of hydrogen-bond donors (Lipinski definition) is 0. The van der Waals surface area contributed by atoms with E-state index in [4.69, 9.17) is 16.6 Å². The van der Waals surface area contributed by atoms with Gasteiger partial charge in [-0.25, -0.2) is 9.67 Å². The molecule has 0 unspecified atom stereocenters. The molecule has 28 heavy (non-hydrogen) atoms. The minimum atomic E-state index is 0.590. The molecular formula is C22H16ClN5. The summed E-state index contributed by atoms with van der Waals surface area (Å²) in [6, 6.07) is 20.1. The highest BCUT2D eigenvalue weighted by atomic mass is 35.5. The predicted molar refractivity (Wildman–Crippen MR) is 111 cm³/mol. The quantitative estimate of drug-likeness (QED) is 0.436. The number of aryl methyl sites for hydroxylation is 1. The molecule has 0 amide bonds. The maximum atomic E-state index is 6.28. The number of fused-ring (bicyclic) bond motifs is 2. The van der Waals surface area contributed by atoms with Crippen LogP contribution >= 0.6 is 11.6 Å². The number of nitrogens with zero attached hydrogens (tertiary/aromatic N) is 5. The first kappa shape index (κ1) is 16.8. The van der Waals surface area contributed by atoms with Crippen LogP contribution in [0.1, 0.15) is 11.1 Å². The van der Waals surface area contributed by atoms with Crippen molar-refractivity contribution >= 4 is 33.7 Å². The van der Waals surface area contributed by atoms with E-state index in [-0.39, 0.29) is 0 Å². The van der Waals surface area contributed by atoms with E-state index in [1.54, 1.807) is 6.20 Å². The molecule has 0 aliphatic carbocycles. The second-order valence-electron chi connectivity index (χ2n) is 6.78. The smallest absolute Gasteiger partial charge is 0.179 e. The third-order valence-corrected chi connectivity index (χ3v) is 5.23. The third-order valence-electron chi connectivity index (χ3n) is 4.83. The molecule has 5 nitrogen and oxygen atoms in total. The first-order chi connectivity index (χ1) is 13.7. The molecule has 0 aliphatic heterocycles. The van der Waals surface area contributed by atoms with Crippen LogP contribution in [0.25, 0.3) is 33.3 Å². The molecule has 0 aliphatic rings. The van der Waals surface area contributed by atoms with E-state index in [9.17, 15) is 0 Å². The normalized spacial score (nSPS) is 11.4. The average Bonchev–Trinajstić information content (AvgIpc) is 3.12. The fourth-order valence-electron chi connectivity index (χ4n) is 3.27. The molecule has 5 rings (SSSR count). The molecule has 6 heteroatoms. The summed E-state index contributed by atoms with van der Waals surface area (Å²) in [4.78, 5) is 9.17. The minimum absolute atomic E-state index is 0.590. The van der Waals surface area contributed by atoms with Crippen LogP contribution in [0.2, 0.25) is 5.02 Å². The van der Waals surface area contributed by atoms with Gasteiger partial charge in [0.15, 0.2) is 5.65 Å². The Hall–Kier alpha value is -3.31. The second kappa shape index (κ2) is 6.69. The van der Waals surface area contributed by atoms with Crippen molar-refractivity contribution in [3.8, 4) is 11.3 Å². The number of benzene rings is 2. The van der Waals surface area contributed by atoms with Crippen LogP contribution in [0.3, 0.4) is 0 Å². The SMILES string of the molecule is Cc1ccc(-c2ccc3nnn(Cc4ccc5ncccc5c4)c3n2)cc1Cl. The van der Waals surface area contributed by atoms with E-state index in [0.717, 1.165) is 49.5 Å². The lowest BCUT2D eigenvalue weighted by molar-refractivity contribution is 0.665. The molecule has 0 radical (unpaired) electrons. The molecule has 0 saturated carbocycles. The van der Waals surface area contributed by atoms with Crippen LogP contribution in [-0.2, 0) is 6.54 Å². The number of pyridine rings is 2. The third kappa shape index (κ3) is 3.00. The molecule has 0 fully saturated rings. The van der Waals surface area contributed by atoms with Gasteiger partial charge in [-0.3, -0.25) is 4.98 Å². The van der Waals surface area contributed by atoms with Gasteiger partial charge in [0.1, 0.15) is 5.52 Å². The molecule has 0 bridgehead atoms. The predicted octanol–water partition coefficient (Wildman–Crippen LogP) is 5.05. The zero-order valence-corrected chi connectivity index (χ0v) is 15.9. The lowest BCUT2D eigenvalue weighted by atomic mass is 10.1. The second-order valence-corrected chi connectivity index (χ2v) is 7.19. The summed E-state index contributed by atoms with van der Waals surface area (Å²) in [5.41, 5.74) is 6.49. The van der Waals surface area contributed by atoms with Gasteiger partial charge in [0, 0.05) is 22.2 Å². The number of hydrogen-bond acceptors (Lipinski definition) is 4. The Bertz CT molecular complexity index is 1330. The van der Waals surface area contributed by atoms with Crippen molar-refractivity contribution in [2.24, 2.45) is 0 Å². The van der Waals surface area contributed by atoms with Crippen molar-refractivity contribution in [1.29, 1.82) is 0 Å². The maximum absolute atomic E-state index is 6.28. The van der Waals surface area contributed by atoms with E-state index >= 15 is 0 Å². The van der Waals surface area contributed by atoms with Gasteiger partial charge < -0.3 is 0 Å². The van der Waals surface area contributed by atoms with Gasteiger partial charge in [-0.2, -0.15) is 0 Å². The number of rotatable bonds is 3. The Morgan fingerprint density at radius 2 is 1.86 bits per heavy atom. The largest absolute Gasteiger partial charge is 0.256 e. The average molecular weight is 386 g/mol. The van der Waals surface area contributed by atoms with Crippen LogP contribution in [0.4, 0.5) is 0 Å². The van der Waals surface area contributed by atoms with Crippen molar-refractivity contribution in [2.75, 3.05) is 0 Å². The van der Waals surface area contributed by atoms with Gasteiger partial charge in [-0.15, -0.1) is 5.10 Å². The van der Waals surface area contributed by atoms with E-state index in [2.05, 4.69) is 33.5 Å². The van der Waals surface area contributed by atoms with Crippen molar-refractivity contribution < 1.29 is 0 Å². The number of aromatic nitrogens is 5. The summed E-state index contributed by atoms with van der Waals surface area (Å²) >= 11 is 6.28. The zero-order valence-electron chi connectivity index (χ0n) is 15.2. The number of halogens is 1. The Kier molecular flexibility index (Phi) is 4.02. The van der Waals surface area contributed by atoms with Crippen LogP contribution < -0.4 is 0 Å². The fraction of sp³-hybridized carbons (Fsp3) is 0.0909. The van der Waals surface area contributed by atoms with Crippen molar-refractivity contribution in [3.63, 3.8) is 0 Å². The summed E-state index contributed by atoms with van der Waals surface area (Å²) in [6.07, 6.45) is 1.80. The van der Waals surface area contributed by atoms with E-state index in [0.29, 0.717) is 6.54 Å². The monoisotopic (exact) mass is 385 g/mol. The topological polar surface area (TPSA) is 56.5 Å². The van der Waals surface area contributed by atoms with Gasteiger partial charge >= 0.3 is 0 Å². The molecule has 3 aromatic heterocycles. The molecular weight excluding hydrogens is 370 g/mol. The molecule has 136 valence electrons. The van der Waals surface area contributed by atoms with Gasteiger partial charge in [0.25, 0.3) is 0 Å². The highest BCUT2D eigenvalue weighted by Gasteiger charge is 2.10. The van der Waals surface area contributed by atoms with Crippen molar-refractivity contribution in [2.45, 2.75) is 13.5 Å². The van der Waals surface area contributed by atoms with Crippen molar-refractivity contribution in [1.82, 2.24) is 25.0 Å². The lowest BCUT2D eigenvalue weighted by Gasteiger charge is -2.06. The van der Waals surface area contributed by atoms with Crippen LogP contribution in [0.5, 0.6) is 0 Å². The van der Waals surface area contributed by atoms with Gasteiger partial charge in [0.05, 0.1) is 17.8 Å². The van der Waals surface area contributed by atoms with Crippen LogP contribution in [-0.4, -0.2) is 25.0 Å². The summed E-state index contributed by atoms with van der Waals surface area (Å²) in [6.45, 7) is 2.58. The molecule has 5 aromatic rings. The van der Waals surface area contributed by atoms with E-state index < -0.39 is 0 Å². The maximum Gasteiger partial charge on any atom is 0.179 e. The summed E-state index contributed by atoms with van der Waals surface area (Å²) in [5.74, 6) is 0. The molecule has 0 atom stereocenters. The van der Waals surface area contributed by atoms with Gasteiger partial charge in [-0.05, 0) is 54.4 Å². The molecule has 3 heterocycles. The molecule has 0 saturated heterocycles. The Labute approximate surface area is 166 Å². The highest BCUT2D eigenvalue weighted by Crippen LogP contribution is 2.25. The summed E-state index contributed by atoms with van der Waals surface area (Å²) in [5, 5.41) is 10.4.